The molecule has 0 aliphatic rings. The standard InChI is InChI=1S/C12H22N4O4/c1-6(2)10(15-7(3)17)12(20)16-8(11(14)19)4-5-9(13)18/h6,8,10H,4-5H2,1-3H3,(H2,13,18)(H2,14,19)(H,15,17)(H,16,20)/t8-,10-/m0/s1. The van der Waals surface area contributed by atoms with Gasteiger partial charge in [0.15, 0.2) is 0 Å². The van der Waals surface area contributed by atoms with Crippen LogP contribution in [0.25, 0.3) is 0 Å². The maximum absolute atomic E-state index is 12.0. The van der Waals surface area contributed by atoms with E-state index in [-0.39, 0.29) is 24.7 Å². The Morgan fingerprint density at radius 1 is 1.05 bits per heavy atom. The zero-order valence-electron chi connectivity index (χ0n) is 11.9. The van der Waals surface area contributed by atoms with E-state index in [2.05, 4.69) is 10.6 Å². The molecule has 0 unspecified atom stereocenters. The van der Waals surface area contributed by atoms with E-state index >= 15 is 0 Å². The number of rotatable bonds is 8. The van der Waals surface area contributed by atoms with E-state index in [9.17, 15) is 19.2 Å². The number of primary amides is 2. The summed E-state index contributed by atoms with van der Waals surface area (Å²) in [5.74, 6) is -2.39. The molecular formula is C12H22N4O4. The number of carbonyl (C=O) groups is 4. The van der Waals surface area contributed by atoms with Gasteiger partial charge >= 0.3 is 0 Å². The lowest BCUT2D eigenvalue weighted by molar-refractivity contribution is -0.132. The summed E-state index contributed by atoms with van der Waals surface area (Å²) in [6.07, 6.45) is -0.0400. The van der Waals surface area contributed by atoms with Gasteiger partial charge in [-0.15, -0.1) is 0 Å². The lowest BCUT2D eigenvalue weighted by Gasteiger charge is -2.23. The van der Waals surface area contributed by atoms with Crippen molar-refractivity contribution in [3.8, 4) is 0 Å². The van der Waals surface area contributed by atoms with Gasteiger partial charge in [0.05, 0.1) is 0 Å². The smallest absolute Gasteiger partial charge is 0.243 e. The van der Waals surface area contributed by atoms with Crippen LogP contribution in [0, 0.1) is 5.92 Å². The zero-order chi connectivity index (χ0) is 15.9. The molecule has 0 saturated carbocycles. The van der Waals surface area contributed by atoms with Crippen LogP contribution in [-0.4, -0.2) is 35.7 Å². The topological polar surface area (TPSA) is 144 Å². The Morgan fingerprint density at radius 3 is 1.95 bits per heavy atom. The second-order valence-corrected chi connectivity index (χ2v) is 4.89. The number of amides is 4. The van der Waals surface area contributed by atoms with Gasteiger partial charge in [-0.3, -0.25) is 19.2 Å². The van der Waals surface area contributed by atoms with Crippen LogP contribution < -0.4 is 22.1 Å². The molecule has 8 nitrogen and oxygen atoms in total. The largest absolute Gasteiger partial charge is 0.370 e. The molecule has 0 rings (SSSR count). The monoisotopic (exact) mass is 286 g/mol. The molecule has 2 atom stereocenters. The molecule has 0 aromatic carbocycles. The minimum atomic E-state index is -0.995. The van der Waals surface area contributed by atoms with Crippen LogP contribution >= 0.6 is 0 Å². The second kappa shape index (κ2) is 8.13. The molecule has 0 bridgehead atoms. The summed E-state index contributed by atoms with van der Waals surface area (Å²) >= 11 is 0. The lowest BCUT2D eigenvalue weighted by atomic mass is 10.0. The number of nitrogens with one attached hydrogen (secondary N) is 2. The maximum Gasteiger partial charge on any atom is 0.243 e. The molecule has 0 saturated heterocycles. The minimum Gasteiger partial charge on any atom is -0.370 e. The summed E-state index contributed by atoms with van der Waals surface area (Å²) in [6, 6.07) is -1.77. The van der Waals surface area contributed by atoms with Gasteiger partial charge in [-0.2, -0.15) is 0 Å². The van der Waals surface area contributed by atoms with Crippen molar-refractivity contribution in [2.24, 2.45) is 17.4 Å². The van der Waals surface area contributed by atoms with Crippen molar-refractivity contribution >= 4 is 23.6 Å². The Morgan fingerprint density at radius 2 is 1.60 bits per heavy atom. The maximum atomic E-state index is 12.0. The van der Waals surface area contributed by atoms with E-state index in [1.807, 2.05) is 0 Å². The first-order chi connectivity index (χ1) is 9.15. The average molecular weight is 286 g/mol. The molecule has 114 valence electrons. The van der Waals surface area contributed by atoms with Gasteiger partial charge < -0.3 is 22.1 Å². The summed E-state index contributed by atoms with van der Waals surface area (Å²) in [5.41, 5.74) is 10.1. The molecule has 0 heterocycles. The molecular weight excluding hydrogens is 264 g/mol. The van der Waals surface area contributed by atoms with E-state index in [1.165, 1.54) is 6.92 Å². The molecule has 20 heavy (non-hydrogen) atoms. The SMILES string of the molecule is CC(=O)N[C@H](C(=O)N[C@@H](CCC(N)=O)C(N)=O)C(C)C. The predicted octanol–water partition coefficient (Wildman–Crippen LogP) is -1.62. The number of carbonyl (C=O) groups excluding carboxylic acids is 4. The quantitative estimate of drug-likeness (QED) is 0.425. The molecule has 8 heteroatoms. The van der Waals surface area contributed by atoms with E-state index in [0.717, 1.165) is 0 Å². The van der Waals surface area contributed by atoms with Crippen LogP contribution in [0.5, 0.6) is 0 Å². The summed E-state index contributed by atoms with van der Waals surface area (Å²) < 4.78 is 0. The highest BCUT2D eigenvalue weighted by molar-refractivity contribution is 5.91. The summed E-state index contributed by atoms with van der Waals surface area (Å²) in [6.45, 7) is 4.80. The molecule has 0 aromatic heterocycles. The van der Waals surface area contributed by atoms with E-state index in [1.54, 1.807) is 13.8 Å². The number of hydrogen-bond donors (Lipinski definition) is 4. The van der Waals surface area contributed by atoms with Crippen molar-refractivity contribution in [2.45, 2.75) is 45.7 Å². The second-order valence-electron chi connectivity index (χ2n) is 4.89. The molecule has 0 aliphatic heterocycles. The number of nitrogens with two attached hydrogens (primary N) is 2. The van der Waals surface area contributed by atoms with Crippen molar-refractivity contribution < 1.29 is 19.2 Å². The van der Waals surface area contributed by atoms with Gasteiger partial charge in [0.2, 0.25) is 23.6 Å². The van der Waals surface area contributed by atoms with Gasteiger partial charge in [-0.25, -0.2) is 0 Å². The van der Waals surface area contributed by atoms with Crippen molar-refractivity contribution in [1.82, 2.24) is 10.6 Å². The Kier molecular flexibility index (Phi) is 7.27. The zero-order valence-corrected chi connectivity index (χ0v) is 11.9. The highest BCUT2D eigenvalue weighted by Crippen LogP contribution is 2.04. The highest BCUT2D eigenvalue weighted by Gasteiger charge is 2.27. The first-order valence-electron chi connectivity index (χ1n) is 6.30. The van der Waals surface area contributed by atoms with Crippen LogP contribution in [0.15, 0.2) is 0 Å². The summed E-state index contributed by atoms with van der Waals surface area (Å²) in [4.78, 5) is 45.0. The fourth-order valence-corrected chi connectivity index (χ4v) is 1.59. The van der Waals surface area contributed by atoms with E-state index < -0.39 is 29.8 Å². The Balaban J connectivity index is 4.74. The normalized spacial score (nSPS) is 13.4. The van der Waals surface area contributed by atoms with Gasteiger partial charge in [0.25, 0.3) is 0 Å². The lowest BCUT2D eigenvalue weighted by Crippen LogP contribution is -2.54. The van der Waals surface area contributed by atoms with E-state index in [4.69, 9.17) is 11.5 Å². The van der Waals surface area contributed by atoms with Crippen molar-refractivity contribution in [3.63, 3.8) is 0 Å². The molecule has 0 spiro atoms. The number of hydrogen-bond acceptors (Lipinski definition) is 4. The predicted molar refractivity (Wildman–Crippen MR) is 72.0 cm³/mol. The highest BCUT2D eigenvalue weighted by atomic mass is 16.2. The fraction of sp³-hybridized carbons (Fsp3) is 0.667. The van der Waals surface area contributed by atoms with Crippen molar-refractivity contribution in [3.05, 3.63) is 0 Å². The average Bonchev–Trinajstić information content (AvgIpc) is 2.29. The van der Waals surface area contributed by atoms with Gasteiger partial charge in [-0.05, 0) is 12.3 Å². The molecule has 0 aliphatic carbocycles. The van der Waals surface area contributed by atoms with Crippen molar-refractivity contribution in [1.29, 1.82) is 0 Å². The fourth-order valence-electron chi connectivity index (χ4n) is 1.59. The molecule has 4 amide bonds. The Labute approximate surface area is 117 Å². The van der Waals surface area contributed by atoms with Crippen LogP contribution in [0.1, 0.15) is 33.6 Å². The third kappa shape index (κ3) is 6.72. The van der Waals surface area contributed by atoms with Gasteiger partial charge in [0.1, 0.15) is 12.1 Å². The van der Waals surface area contributed by atoms with Crippen molar-refractivity contribution in [2.75, 3.05) is 0 Å². The van der Waals surface area contributed by atoms with Gasteiger partial charge in [0, 0.05) is 13.3 Å². The molecule has 0 aromatic rings. The first kappa shape index (κ1) is 17.9. The van der Waals surface area contributed by atoms with Gasteiger partial charge in [-0.1, -0.05) is 13.8 Å². The molecule has 6 N–H and O–H groups in total. The molecule has 0 radical (unpaired) electrons. The summed E-state index contributed by atoms with van der Waals surface area (Å²) in [7, 11) is 0. The van der Waals surface area contributed by atoms with Crippen LogP contribution in [-0.2, 0) is 19.2 Å². The Bertz CT molecular complexity index is 395. The summed E-state index contributed by atoms with van der Waals surface area (Å²) in [5, 5.41) is 4.92. The molecule has 0 fully saturated rings. The van der Waals surface area contributed by atoms with Crippen LogP contribution in [0.3, 0.4) is 0 Å². The van der Waals surface area contributed by atoms with Crippen LogP contribution in [0.2, 0.25) is 0 Å². The first-order valence-corrected chi connectivity index (χ1v) is 6.30. The minimum absolute atomic E-state index is 0.0291. The van der Waals surface area contributed by atoms with E-state index in [0.29, 0.717) is 0 Å². The third-order valence-corrected chi connectivity index (χ3v) is 2.65. The third-order valence-electron chi connectivity index (χ3n) is 2.65. The Hall–Kier alpha value is -2.12. The van der Waals surface area contributed by atoms with Crippen LogP contribution in [0.4, 0.5) is 0 Å².